The average Bonchev–Trinajstić information content (AvgIpc) is 3.63. The first kappa shape index (κ1) is 48.1. The molecule has 1 aliphatic heterocycles. The third-order valence-electron chi connectivity index (χ3n) is 20.6. The van der Waals surface area contributed by atoms with Gasteiger partial charge in [-0.25, -0.2) is 4.98 Å². The van der Waals surface area contributed by atoms with Gasteiger partial charge in [-0.15, -0.1) is 0 Å². The Balaban J connectivity index is 0.979. The number of carbonyl (C=O) groups is 1. The molecule has 352 valence electrons. The lowest BCUT2D eigenvalue weighted by atomic mass is 9.33. The summed E-state index contributed by atoms with van der Waals surface area (Å²) in [7, 11) is -2.34. The number of aromatic nitrogens is 1. The fourth-order valence-electron chi connectivity index (χ4n) is 15.7. The van der Waals surface area contributed by atoms with E-state index in [9.17, 15) is 10.1 Å². The first-order chi connectivity index (χ1) is 30.1. The van der Waals surface area contributed by atoms with E-state index < -0.39 is 14.0 Å². The van der Waals surface area contributed by atoms with Crippen LogP contribution in [0, 0.1) is 68.5 Å². The highest BCUT2D eigenvalue weighted by Crippen LogP contribution is 2.76. The second-order valence-electron chi connectivity index (χ2n) is 24.8. The Morgan fingerprint density at radius 3 is 2.44 bits per heavy atom. The van der Waals surface area contributed by atoms with E-state index in [4.69, 9.17) is 9.47 Å². The fraction of sp³-hybridized carbons (Fsp3) is 0.764. The first-order valence-electron chi connectivity index (χ1n) is 25.5. The highest BCUT2D eigenvalue weighted by atomic mass is 32.2. The van der Waals surface area contributed by atoms with E-state index >= 15 is 0 Å². The Bertz CT molecular complexity index is 2040. The Morgan fingerprint density at radius 1 is 1.02 bits per heavy atom. The predicted molar refractivity (Wildman–Crippen MR) is 267 cm³/mol. The number of hydrogen-bond acceptors (Lipinski definition) is 8. The molecule has 2 heterocycles. The number of nitrogens with zero attached hydrogens (tertiary/aromatic N) is 3. The normalized spacial score (nSPS) is 37.9. The van der Waals surface area contributed by atoms with Crippen LogP contribution in [0.25, 0.3) is 0 Å². The van der Waals surface area contributed by atoms with Gasteiger partial charge in [0.15, 0.2) is 8.07 Å². The smallest absolute Gasteiger partial charge is 0.312 e. The first-order valence-corrected chi connectivity index (χ1v) is 29.7. The Kier molecular flexibility index (Phi) is 13.2. The number of allylic oxidation sites excluding steroid dienone is 5. The van der Waals surface area contributed by atoms with Gasteiger partial charge in [-0.05, 0) is 157 Å². The molecular formula is C55H84N4O3SSi. The number of pyridine rings is 1. The van der Waals surface area contributed by atoms with Gasteiger partial charge >= 0.3 is 5.97 Å². The minimum absolute atomic E-state index is 0.0622. The standard InChI is InChI=1S/C55H84N4O3SSi/c1-37(2)41-19-25-55(58-29-30-59-31-33-63-34-32-59)27-26-53(9)43(47(41)55)17-18-45-52(8)23-20-42(51(6,7)44(52)21-24-54(45,53)10)39-13-15-40(16-14-39)48(60)62-49(64(11,12)50(3,4)5)61-46-35-38(36-56)22-28-57-46/h13,20,22,28,35,40-41,43-45,47,49,58H,1,14-19,21,23-27,29-34H2,2-12H3/t40?,41-,43+,44-,45+,47+,49?,52-,53+,54+,55-/m0/s1. The molecule has 0 radical (unpaired) electrons. The molecule has 4 saturated carbocycles. The summed E-state index contributed by atoms with van der Waals surface area (Å²) in [4.78, 5) is 21.1. The lowest BCUT2D eigenvalue weighted by Crippen LogP contribution is -2.68. The largest absolute Gasteiger partial charge is 0.442 e. The maximum atomic E-state index is 14.1. The second kappa shape index (κ2) is 17.6. The summed E-state index contributed by atoms with van der Waals surface area (Å²) < 4.78 is 12.8. The molecule has 0 aromatic carbocycles. The molecule has 1 aromatic rings. The maximum Gasteiger partial charge on any atom is 0.312 e. The number of fused-ring (bicyclic) bond motifs is 7. The van der Waals surface area contributed by atoms with Gasteiger partial charge in [-0.1, -0.05) is 92.8 Å². The van der Waals surface area contributed by atoms with Gasteiger partial charge < -0.3 is 19.7 Å². The minimum atomic E-state index is -2.34. The Morgan fingerprint density at radius 2 is 1.77 bits per heavy atom. The van der Waals surface area contributed by atoms with Crippen molar-refractivity contribution in [2.45, 2.75) is 169 Å². The van der Waals surface area contributed by atoms with Crippen molar-refractivity contribution in [2.75, 3.05) is 37.7 Å². The highest BCUT2D eigenvalue weighted by molar-refractivity contribution is 7.99. The van der Waals surface area contributed by atoms with E-state index in [0.717, 1.165) is 31.7 Å². The van der Waals surface area contributed by atoms with Crippen LogP contribution < -0.4 is 10.1 Å². The van der Waals surface area contributed by atoms with Crippen molar-refractivity contribution < 1.29 is 14.3 Å². The van der Waals surface area contributed by atoms with E-state index in [1.54, 1.807) is 23.9 Å². The topological polar surface area (TPSA) is 87.5 Å². The number of esters is 1. The third-order valence-corrected chi connectivity index (χ3v) is 26.8. The van der Waals surface area contributed by atoms with Crippen molar-refractivity contribution in [3.05, 3.63) is 59.3 Å². The zero-order valence-electron chi connectivity index (χ0n) is 41.8. The van der Waals surface area contributed by atoms with Gasteiger partial charge in [0, 0.05) is 55.5 Å². The van der Waals surface area contributed by atoms with E-state index in [0.29, 0.717) is 52.4 Å². The Labute approximate surface area is 393 Å². The van der Waals surface area contributed by atoms with Crippen molar-refractivity contribution in [2.24, 2.45) is 57.2 Å². The molecule has 5 fully saturated rings. The zero-order chi connectivity index (χ0) is 46.1. The van der Waals surface area contributed by atoms with Crippen LogP contribution in [0.4, 0.5) is 0 Å². The minimum Gasteiger partial charge on any atom is -0.442 e. The lowest BCUT2D eigenvalue weighted by molar-refractivity contribution is -0.221. The number of rotatable bonds is 11. The molecule has 64 heavy (non-hydrogen) atoms. The van der Waals surface area contributed by atoms with Crippen molar-refractivity contribution in [3.63, 3.8) is 0 Å². The number of nitrogens with one attached hydrogen (secondary N) is 1. The van der Waals surface area contributed by atoms with Crippen molar-refractivity contribution in [3.8, 4) is 11.9 Å². The fourth-order valence-corrected chi connectivity index (χ4v) is 18.2. The molecule has 1 N–H and O–H groups in total. The van der Waals surface area contributed by atoms with Crippen molar-refractivity contribution in [1.82, 2.24) is 15.2 Å². The molecule has 1 saturated heterocycles. The molecule has 1 aromatic heterocycles. The molecule has 0 bridgehead atoms. The number of nitriles is 1. The molecule has 7 nitrogen and oxygen atoms in total. The summed E-state index contributed by atoms with van der Waals surface area (Å²) in [5, 5.41) is 13.8. The van der Waals surface area contributed by atoms with E-state index in [2.05, 4.69) is 127 Å². The maximum absolute atomic E-state index is 14.1. The summed E-state index contributed by atoms with van der Waals surface area (Å²) in [6.45, 7) is 36.3. The highest BCUT2D eigenvalue weighted by Gasteiger charge is 2.70. The molecule has 0 amide bonds. The van der Waals surface area contributed by atoms with E-state index in [1.807, 2.05) is 0 Å². The summed E-state index contributed by atoms with van der Waals surface area (Å²) in [5.74, 6) is 5.22. The van der Waals surface area contributed by atoms with Crippen LogP contribution in [0.15, 0.2) is 53.8 Å². The SMILES string of the molecule is C=C(C)[C@@H]1CC[C@]2(NCCN3CCSCC3)CC[C@]3(C)[C@H](CC[C@@H]4[C@@]5(C)CC=C(C6=CCC(C(=O)OC(Oc7cc(C#N)ccn7)[Si](C)(C)C(C)(C)C)CC6)C(C)(C)[C@@H]5CC[C@]43C)[C@@H]12. The van der Waals surface area contributed by atoms with Crippen LogP contribution >= 0.6 is 11.8 Å². The van der Waals surface area contributed by atoms with Gasteiger partial charge in [-0.3, -0.25) is 4.79 Å². The van der Waals surface area contributed by atoms with Crippen LogP contribution in [0.3, 0.4) is 0 Å². The predicted octanol–water partition coefficient (Wildman–Crippen LogP) is 12.6. The number of ether oxygens (including phenoxy) is 2. The van der Waals surface area contributed by atoms with Crippen LogP contribution in [0.5, 0.6) is 5.88 Å². The quantitative estimate of drug-likeness (QED) is 0.102. The van der Waals surface area contributed by atoms with Crippen molar-refractivity contribution >= 4 is 25.8 Å². The van der Waals surface area contributed by atoms with Gasteiger partial charge in [0.25, 0.3) is 0 Å². The average molecular weight is 909 g/mol. The van der Waals surface area contributed by atoms with Crippen LogP contribution in [0.1, 0.15) is 145 Å². The molecule has 6 aliphatic carbocycles. The molecule has 0 spiro atoms. The molecule has 8 rings (SSSR count). The van der Waals surface area contributed by atoms with Crippen molar-refractivity contribution in [1.29, 1.82) is 5.26 Å². The monoisotopic (exact) mass is 909 g/mol. The van der Waals surface area contributed by atoms with Gasteiger partial charge in [0.05, 0.1) is 17.6 Å². The lowest BCUT2D eigenvalue weighted by Gasteiger charge is -2.72. The third kappa shape index (κ3) is 8.14. The molecule has 7 aliphatic rings. The molecular weight excluding hydrogens is 825 g/mol. The summed E-state index contributed by atoms with van der Waals surface area (Å²) in [6.07, 6.45) is 20.8. The molecule has 9 heteroatoms. The number of hydrogen-bond donors (Lipinski definition) is 1. The zero-order valence-corrected chi connectivity index (χ0v) is 43.7. The van der Waals surface area contributed by atoms with Gasteiger partial charge in [0.2, 0.25) is 11.8 Å². The molecule has 2 unspecified atom stereocenters. The summed E-state index contributed by atoms with van der Waals surface area (Å²) >= 11 is 2.11. The molecule has 11 atom stereocenters. The van der Waals surface area contributed by atoms with Crippen LogP contribution in [-0.2, 0) is 9.53 Å². The summed E-state index contributed by atoms with van der Waals surface area (Å²) in [5.41, 5.74) is 6.15. The second-order valence-corrected chi connectivity index (χ2v) is 31.5. The van der Waals surface area contributed by atoms with Crippen LogP contribution in [-0.4, -0.2) is 73.1 Å². The van der Waals surface area contributed by atoms with Gasteiger partial charge in [0.1, 0.15) is 0 Å². The van der Waals surface area contributed by atoms with E-state index in [1.165, 1.54) is 93.7 Å². The Hall–Kier alpha value is -2.38. The number of carbonyl (C=O) groups excluding carboxylic acids is 1. The number of thioether (sulfide) groups is 1. The summed E-state index contributed by atoms with van der Waals surface area (Å²) in [6, 6.07) is 5.47. The van der Waals surface area contributed by atoms with E-state index in [-0.39, 0.29) is 33.3 Å². The van der Waals surface area contributed by atoms with Gasteiger partial charge in [-0.2, -0.15) is 17.0 Å². The van der Waals surface area contributed by atoms with Crippen LogP contribution in [0.2, 0.25) is 18.1 Å².